The van der Waals surface area contributed by atoms with Gasteiger partial charge in [0.25, 0.3) is 11.1 Å². The molecule has 14 heavy (non-hydrogen) atoms. The van der Waals surface area contributed by atoms with Crippen LogP contribution in [-0.2, 0) is 0 Å². The Morgan fingerprint density at radius 2 is 1.07 bits per heavy atom. The van der Waals surface area contributed by atoms with Crippen LogP contribution in [0.25, 0.3) is 0 Å². The summed E-state index contributed by atoms with van der Waals surface area (Å²) in [6, 6.07) is 0. The number of rotatable bonds is 2. The van der Waals surface area contributed by atoms with Crippen molar-refractivity contribution in [2.45, 2.75) is 11.1 Å². The van der Waals surface area contributed by atoms with Crippen LogP contribution in [0.1, 0.15) is 0 Å². The van der Waals surface area contributed by atoms with Crippen LogP contribution >= 0.6 is 0 Å². The predicted molar refractivity (Wildman–Crippen MR) is 40.4 cm³/mol. The first-order valence-electron chi connectivity index (χ1n) is 4.92. The van der Waals surface area contributed by atoms with Crippen molar-refractivity contribution in [1.82, 2.24) is 0 Å². The quantitative estimate of drug-likeness (QED) is 0.449. The van der Waals surface area contributed by atoms with E-state index in [0.717, 1.165) is 0 Å². The largest absolute Gasteiger partial charge is 0.298 e. The van der Waals surface area contributed by atoms with Gasteiger partial charge in [0.2, 0.25) is 0 Å². The fourth-order valence-electron chi connectivity index (χ4n) is 6.20. The standard InChI is InChI=1S/C8H6N2O4/c11-9(12)7-3-1-2-5(3)8(7,10(13)14)6(2)4(1)7/h1-6H. The summed E-state index contributed by atoms with van der Waals surface area (Å²) >= 11 is 0. The molecule has 0 aromatic heterocycles. The van der Waals surface area contributed by atoms with E-state index in [1.54, 1.807) is 0 Å². The first kappa shape index (κ1) is 6.31. The third-order valence-corrected chi connectivity index (χ3v) is 6.16. The van der Waals surface area contributed by atoms with Crippen LogP contribution in [0.4, 0.5) is 0 Å². The van der Waals surface area contributed by atoms with Crippen LogP contribution in [0.15, 0.2) is 0 Å². The van der Waals surface area contributed by atoms with E-state index in [4.69, 9.17) is 0 Å². The fraction of sp³-hybridized carbons (Fsp3) is 1.00. The topological polar surface area (TPSA) is 86.3 Å². The average molecular weight is 194 g/mol. The van der Waals surface area contributed by atoms with Crippen LogP contribution in [-0.4, -0.2) is 20.9 Å². The Bertz CT molecular complexity index is 398. The van der Waals surface area contributed by atoms with Crippen molar-refractivity contribution in [2.75, 3.05) is 0 Å². The second-order valence-electron chi connectivity index (χ2n) is 5.42. The van der Waals surface area contributed by atoms with Gasteiger partial charge in [-0.3, -0.25) is 20.2 Å². The summed E-state index contributed by atoms with van der Waals surface area (Å²) in [5.74, 6) is 1.37. The summed E-state index contributed by atoms with van der Waals surface area (Å²) < 4.78 is 0. The zero-order valence-corrected chi connectivity index (χ0v) is 6.99. The lowest BCUT2D eigenvalue weighted by Gasteiger charge is -3.00. The third kappa shape index (κ3) is 0.201. The fourth-order valence-corrected chi connectivity index (χ4v) is 6.20. The smallest absolute Gasteiger partial charge is 0.264 e. The van der Waals surface area contributed by atoms with Crippen molar-refractivity contribution in [3.8, 4) is 0 Å². The van der Waals surface area contributed by atoms with Crippen molar-refractivity contribution in [2.24, 2.45) is 35.5 Å². The molecule has 0 aliphatic heterocycles. The highest BCUT2D eigenvalue weighted by molar-refractivity contribution is 5.59. The second-order valence-corrected chi connectivity index (χ2v) is 5.42. The van der Waals surface area contributed by atoms with Gasteiger partial charge in [0.15, 0.2) is 0 Å². The Balaban J connectivity index is 1.77. The van der Waals surface area contributed by atoms with E-state index in [0.29, 0.717) is 11.8 Å². The molecule has 0 aromatic carbocycles. The van der Waals surface area contributed by atoms with Crippen LogP contribution in [0.5, 0.6) is 0 Å². The summed E-state index contributed by atoms with van der Waals surface area (Å²) in [4.78, 5) is 21.3. The molecule has 0 amide bonds. The summed E-state index contributed by atoms with van der Waals surface area (Å²) in [6.07, 6.45) is 0. The first-order chi connectivity index (χ1) is 6.62. The highest BCUT2D eigenvalue weighted by Crippen LogP contribution is 3.04. The zero-order valence-electron chi connectivity index (χ0n) is 6.99. The molecule has 0 saturated heterocycles. The molecule has 6 saturated carbocycles. The summed E-state index contributed by atoms with van der Waals surface area (Å²) in [5, 5.41) is 22.0. The van der Waals surface area contributed by atoms with Crippen LogP contribution < -0.4 is 0 Å². The normalized spacial score (nSPS) is 76.9. The van der Waals surface area contributed by atoms with Crippen molar-refractivity contribution in [3.05, 3.63) is 20.2 Å². The third-order valence-electron chi connectivity index (χ3n) is 6.16. The second kappa shape index (κ2) is 1.14. The van der Waals surface area contributed by atoms with E-state index < -0.39 is 11.1 Å². The molecule has 6 heteroatoms. The zero-order chi connectivity index (χ0) is 9.62. The van der Waals surface area contributed by atoms with Crippen molar-refractivity contribution in [1.29, 1.82) is 0 Å². The molecule has 0 spiro atoms. The van der Waals surface area contributed by atoms with Gasteiger partial charge >= 0.3 is 0 Å². The molecule has 0 aromatic rings. The Kier molecular flexibility index (Phi) is 0.513. The highest BCUT2D eigenvalue weighted by Gasteiger charge is 3.23. The van der Waals surface area contributed by atoms with E-state index in [9.17, 15) is 20.2 Å². The first-order valence-corrected chi connectivity index (χ1v) is 4.92. The van der Waals surface area contributed by atoms with Gasteiger partial charge in [-0.1, -0.05) is 0 Å². The maximum Gasteiger partial charge on any atom is 0.298 e. The van der Waals surface area contributed by atoms with Crippen LogP contribution in [0.3, 0.4) is 0 Å². The molecule has 72 valence electrons. The average Bonchev–Trinajstić information content (AvgIpc) is 2.16. The molecule has 4 unspecified atom stereocenters. The van der Waals surface area contributed by atoms with Gasteiger partial charge in [-0.25, -0.2) is 0 Å². The molecule has 6 fully saturated rings. The van der Waals surface area contributed by atoms with Gasteiger partial charge in [0, 0.05) is 9.85 Å². The summed E-state index contributed by atoms with van der Waals surface area (Å²) in [7, 11) is 0. The van der Waals surface area contributed by atoms with Crippen molar-refractivity contribution < 1.29 is 9.85 Å². The lowest BCUT2D eigenvalue weighted by molar-refractivity contribution is -0.888. The summed E-state index contributed by atoms with van der Waals surface area (Å²) in [6.45, 7) is 0. The molecular weight excluding hydrogens is 188 g/mol. The number of hydrogen-bond acceptors (Lipinski definition) is 4. The molecule has 0 N–H and O–H groups in total. The molecule has 6 aliphatic carbocycles. The van der Waals surface area contributed by atoms with E-state index in [1.807, 2.05) is 0 Å². The Hall–Kier alpha value is -1.20. The minimum atomic E-state index is -1.09. The maximum absolute atomic E-state index is 11.0. The Morgan fingerprint density at radius 3 is 1.29 bits per heavy atom. The van der Waals surface area contributed by atoms with Crippen molar-refractivity contribution in [3.63, 3.8) is 0 Å². The minimum absolute atomic E-state index is 0.0860. The van der Waals surface area contributed by atoms with E-state index in [1.165, 1.54) is 0 Å². The molecule has 0 bridgehead atoms. The SMILES string of the molecule is O=[N+]([O-])C12C3C4C5C3C1([N+](=O)[O-])C5C42. The Labute approximate surface area is 77.6 Å². The lowest BCUT2D eigenvalue weighted by atomic mass is 8.96. The number of nitro groups is 2. The summed E-state index contributed by atoms with van der Waals surface area (Å²) in [5.41, 5.74) is -2.18. The molecule has 6 aliphatic rings. The molecule has 0 heterocycles. The van der Waals surface area contributed by atoms with Gasteiger partial charge < -0.3 is 0 Å². The monoisotopic (exact) mass is 194 g/mol. The molecular formula is C8H6N2O4. The van der Waals surface area contributed by atoms with Gasteiger partial charge in [-0.05, 0) is 11.8 Å². The number of hydrogen-bond donors (Lipinski definition) is 0. The van der Waals surface area contributed by atoms with Crippen molar-refractivity contribution >= 4 is 0 Å². The molecule has 4 atom stereocenters. The van der Waals surface area contributed by atoms with E-state index in [2.05, 4.69) is 0 Å². The maximum atomic E-state index is 11.0. The van der Waals surface area contributed by atoms with E-state index >= 15 is 0 Å². The van der Waals surface area contributed by atoms with Crippen LogP contribution in [0.2, 0.25) is 0 Å². The van der Waals surface area contributed by atoms with Crippen LogP contribution in [0, 0.1) is 55.7 Å². The molecule has 6 nitrogen and oxygen atoms in total. The van der Waals surface area contributed by atoms with Gasteiger partial charge in [0.05, 0.1) is 23.7 Å². The number of nitrogens with zero attached hydrogens (tertiary/aromatic N) is 2. The minimum Gasteiger partial charge on any atom is -0.264 e. The lowest BCUT2D eigenvalue weighted by Crippen LogP contribution is -3.19. The highest BCUT2D eigenvalue weighted by atomic mass is 16.7. The molecule has 0 radical (unpaired) electrons. The van der Waals surface area contributed by atoms with Gasteiger partial charge in [-0.15, -0.1) is 0 Å². The van der Waals surface area contributed by atoms with E-state index in [-0.39, 0.29) is 33.5 Å². The van der Waals surface area contributed by atoms with Gasteiger partial charge in [0.1, 0.15) is 0 Å². The molecule has 6 rings (SSSR count). The predicted octanol–water partition coefficient (Wildman–Crippen LogP) is -0.217. The van der Waals surface area contributed by atoms with Gasteiger partial charge in [-0.2, -0.15) is 0 Å². The Morgan fingerprint density at radius 1 is 0.786 bits per heavy atom.